The summed E-state index contributed by atoms with van der Waals surface area (Å²) in [5.74, 6) is 0. The first-order chi connectivity index (χ1) is 16.3. The number of imidazole rings is 1. The molecule has 0 atom stereocenters. The summed E-state index contributed by atoms with van der Waals surface area (Å²) < 4.78 is 1.92. The van der Waals surface area contributed by atoms with Crippen LogP contribution in [0, 0.1) is 19.1 Å². The molecule has 7 rings (SSSR count). The Morgan fingerprint density at radius 1 is 0.853 bits per heavy atom. The van der Waals surface area contributed by atoms with Gasteiger partial charge in [0.15, 0.2) is 0 Å². The van der Waals surface area contributed by atoms with Crippen molar-refractivity contribution in [3.8, 4) is 0 Å². The quantitative estimate of drug-likeness (QED) is 0.187. The van der Waals surface area contributed by atoms with E-state index in [1.54, 1.807) is 6.20 Å². The van der Waals surface area contributed by atoms with Gasteiger partial charge in [-0.3, -0.25) is 9.97 Å². The summed E-state index contributed by atoms with van der Waals surface area (Å²) >= 11 is 0. The van der Waals surface area contributed by atoms with Gasteiger partial charge in [0.25, 0.3) is 0 Å². The molecule has 0 N–H and O–H groups in total. The number of aromatic nitrogens is 4. The average molecular weight is 620 g/mol. The zero-order valence-corrected chi connectivity index (χ0v) is 20.6. The number of pyridine rings is 3. The van der Waals surface area contributed by atoms with Crippen LogP contribution in [0.25, 0.3) is 38.2 Å². The Hall–Kier alpha value is -3.80. The molecule has 166 valence electrons. The van der Waals surface area contributed by atoms with Crippen LogP contribution in [-0.4, -0.2) is 31.3 Å². The number of fused-ring (bicyclic) bond motifs is 8. The molecule has 0 unspecified atom stereocenters. The van der Waals surface area contributed by atoms with Gasteiger partial charge in [0, 0.05) is 24.1 Å². The van der Waals surface area contributed by atoms with E-state index in [1.807, 2.05) is 101 Å². The topological polar surface area (TPSA) is 49.6 Å². The molecule has 0 aliphatic carbocycles. The van der Waals surface area contributed by atoms with Crippen molar-refractivity contribution in [1.82, 2.24) is 24.3 Å². The first-order valence-electron chi connectivity index (χ1n) is 10.6. The van der Waals surface area contributed by atoms with E-state index < -0.39 is 0 Å². The first-order valence-corrected chi connectivity index (χ1v) is 10.6. The van der Waals surface area contributed by atoms with Crippen LogP contribution < -0.4 is 4.90 Å². The Kier molecular flexibility index (Phi) is 5.97. The molecule has 6 nitrogen and oxygen atoms in total. The molecule has 0 amide bonds. The predicted octanol–water partition coefficient (Wildman–Crippen LogP) is 5.21. The fourth-order valence-electron chi connectivity index (χ4n) is 4.14. The van der Waals surface area contributed by atoms with Crippen LogP contribution >= 0.6 is 0 Å². The SMILES string of the molecule is CN1C=CN(c2[c-]cccc2)[CH-]1.[Ir+3].[c-]1ncc2c3c4ccccc4ncc3c3cccnc3n12. The van der Waals surface area contributed by atoms with Crippen molar-refractivity contribution < 1.29 is 20.1 Å². The number of hydrogen-bond donors (Lipinski definition) is 0. The van der Waals surface area contributed by atoms with Crippen LogP contribution in [0.5, 0.6) is 0 Å². The summed E-state index contributed by atoms with van der Waals surface area (Å²) in [6.45, 7) is 2.01. The summed E-state index contributed by atoms with van der Waals surface area (Å²) in [4.78, 5) is 17.3. The van der Waals surface area contributed by atoms with Gasteiger partial charge in [-0.15, -0.1) is 5.69 Å². The van der Waals surface area contributed by atoms with E-state index in [2.05, 4.69) is 39.5 Å². The molecular formula is C27H19IrN6. The maximum Gasteiger partial charge on any atom is 3.00 e. The molecule has 0 saturated heterocycles. The van der Waals surface area contributed by atoms with Crippen molar-refractivity contribution in [1.29, 1.82) is 0 Å². The van der Waals surface area contributed by atoms with E-state index in [1.165, 1.54) is 0 Å². The molecule has 2 aromatic carbocycles. The minimum Gasteiger partial charge on any atom is -0.510 e. The number of anilines is 1. The second-order valence-corrected chi connectivity index (χ2v) is 7.75. The van der Waals surface area contributed by atoms with Crippen molar-refractivity contribution in [3.05, 3.63) is 111 Å². The number of nitrogens with zero attached hydrogens (tertiary/aromatic N) is 6. The Morgan fingerprint density at radius 3 is 2.53 bits per heavy atom. The fraction of sp³-hybridized carbons (Fsp3) is 0.0370. The van der Waals surface area contributed by atoms with Gasteiger partial charge in [0.2, 0.25) is 0 Å². The van der Waals surface area contributed by atoms with Crippen LogP contribution in [0.15, 0.2) is 91.7 Å². The van der Waals surface area contributed by atoms with Gasteiger partial charge in [-0.25, -0.2) is 0 Å². The van der Waals surface area contributed by atoms with E-state index in [9.17, 15) is 0 Å². The molecule has 0 bridgehead atoms. The summed E-state index contributed by atoms with van der Waals surface area (Å²) in [5.41, 5.74) is 3.92. The van der Waals surface area contributed by atoms with Gasteiger partial charge in [-0.2, -0.15) is 37.0 Å². The van der Waals surface area contributed by atoms with Gasteiger partial charge in [0.05, 0.1) is 11.2 Å². The Labute approximate surface area is 210 Å². The van der Waals surface area contributed by atoms with Crippen LogP contribution in [0.1, 0.15) is 0 Å². The molecule has 0 saturated carbocycles. The minimum atomic E-state index is 0. The number of para-hydroxylation sites is 2. The molecular weight excluding hydrogens is 601 g/mol. The van der Waals surface area contributed by atoms with Crippen molar-refractivity contribution in [2.24, 2.45) is 0 Å². The standard InChI is InChI=1S/C17H9N4.C10H10N2.Ir/c1-2-6-14-12(4-1)16-13(8-20-14)11-5-3-7-19-17(11)21-10-18-9-15(16)21;1-11-7-8-12(9-11)10-5-3-2-4-6-10;/h1-9H;2-5,7-9H,1H3;/q-1;-2;+3. The molecule has 0 fully saturated rings. The van der Waals surface area contributed by atoms with Crippen LogP contribution in [0.3, 0.4) is 0 Å². The zero-order valence-electron chi connectivity index (χ0n) is 18.3. The van der Waals surface area contributed by atoms with E-state index in [4.69, 9.17) is 0 Å². The van der Waals surface area contributed by atoms with E-state index in [0.29, 0.717) is 0 Å². The normalized spacial score (nSPS) is 12.9. The maximum absolute atomic E-state index is 4.58. The molecule has 0 spiro atoms. The third-order valence-electron chi connectivity index (χ3n) is 5.65. The van der Waals surface area contributed by atoms with Crippen LogP contribution in [-0.2, 0) is 20.1 Å². The third kappa shape index (κ3) is 3.79. The monoisotopic (exact) mass is 620 g/mol. The summed E-state index contributed by atoms with van der Waals surface area (Å²) in [7, 11) is 2.00. The number of hydrogen-bond acceptors (Lipinski definition) is 5. The summed E-state index contributed by atoms with van der Waals surface area (Å²) in [6, 6.07) is 23.2. The molecule has 1 aliphatic heterocycles. The van der Waals surface area contributed by atoms with Crippen molar-refractivity contribution >= 4 is 43.9 Å². The Bertz CT molecular complexity index is 1620. The second-order valence-electron chi connectivity index (χ2n) is 7.75. The third-order valence-corrected chi connectivity index (χ3v) is 5.65. The van der Waals surface area contributed by atoms with E-state index >= 15 is 0 Å². The van der Waals surface area contributed by atoms with Crippen LogP contribution in [0.2, 0.25) is 0 Å². The van der Waals surface area contributed by atoms with Gasteiger partial charge in [0.1, 0.15) is 0 Å². The summed E-state index contributed by atoms with van der Waals surface area (Å²) in [6.07, 6.45) is 12.6. The molecule has 5 heterocycles. The fourth-order valence-corrected chi connectivity index (χ4v) is 4.14. The Morgan fingerprint density at radius 2 is 1.71 bits per heavy atom. The Balaban J connectivity index is 0.000000159. The van der Waals surface area contributed by atoms with E-state index in [-0.39, 0.29) is 20.1 Å². The predicted molar refractivity (Wildman–Crippen MR) is 131 cm³/mol. The first kappa shape index (κ1) is 22.0. The second kappa shape index (κ2) is 9.21. The van der Waals surface area contributed by atoms with Crippen molar-refractivity contribution in [2.45, 2.75) is 0 Å². The maximum atomic E-state index is 4.58. The molecule has 7 heteroatoms. The van der Waals surface area contributed by atoms with Crippen molar-refractivity contribution in [3.63, 3.8) is 0 Å². The molecule has 0 radical (unpaired) electrons. The van der Waals surface area contributed by atoms with Gasteiger partial charge < -0.3 is 19.2 Å². The van der Waals surface area contributed by atoms with E-state index in [0.717, 1.165) is 43.9 Å². The average Bonchev–Trinajstić information content (AvgIpc) is 3.54. The molecule has 1 aliphatic rings. The molecule has 4 aromatic heterocycles. The van der Waals surface area contributed by atoms with Gasteiger partial charge in [-0.1, -0.05) is 30.5 Å². The van der Waals surface area contributed by atoms with Crippen molar-refractivity contribution in [2.75, 3.05) is 11.9 Å². The molecule has 34 heavy (non-hydrogen) atoms. The number of rotatable bonds is 1. The summed E-state index contributed by atoms with van der Waals surface area (Å²) in [5, 5.41) is 4.43. The van der Waals surface area contributed by atoms with Crippen LogP contribution in [0.4, 0.5) is 5.69 Å². The molecule has 6 aromatic rings. The minimum absolute atomic E-state index is 0. The smallest absolute Gasteiger partial charge is 0.510 e. The number of benzene rings is 2. The largest absolute Gasteiger partial charge is 3.00 e. The van der Waals surface area contributed by atoms with Gasteiger partial charge >= 0.3 is 20.1 Å². The zero-order chi connectivity index (χ0) is 22.2. The van der Waals surface area contributed by atoms with Gasteiger partial charge in [-0.05, 0) is 53.3 Å².